The summed E-state index contributed by atoms with van der Waals surface area (Å²) >= 11 is 0. The summed E-state index contributed by atoms with van der Waals surface area (Å²) < 4.78 is 44.7. The van der Waals surface area contributed by atoms with Crippen LogP contribution in [0.3, 0.4) is 0 Å². The molecule has 0 atom stereocenters. The molecule has 0 bridgehead atoms. The van der Waals surface area contributed by atoms with Gasteiger partial charge in [0.05, 0.1) is 13.5 Å². The highest BCUT2D eigenvalue weighted by atomic mass is 19.2. The molecule has 0 saturated carbocycles. The lowest BCUT2D eigenvalue weighted by molar-refractivity contribution is -0.136. The fourth-order valence-corrected chi connectivity index (χ4v) is 1.98. The van der Waals surface area contributed by atoms with Crippen LogP contribution in [0.15, 0.2) is 30.3 Å². The van der Waals surface area contributed by atoms with Gasteiger partial charge in [-0.25, -0.2) is 13.2 Å². The van der Waals surface area contributed by atoms with Gasteiger partial charge in [-0.1, -0.05) is 6.07 Å². The van der Waals surface area contributed by atoms with E-state index in [0.717, 1.165) is 12.1 Å². The van der Waals surface area contributed by atoms with E-state index < -0.39 is 23.4 Å². The maximum Gasteiger partial charge on any atom is 0.307 e. The Hall–Kier alpha value is -2.50. The minimum atomic E-state index is -1.56. The molecule has 21 heavy (non-hydrogen) atoms. The van der Waals surface area contributed by atoms with Crippen molar-refractivity contribution < 1.29 is 27.8 Å². The van der Waals surface area contributed by atoms with Gasteiger partial charge >= 0.3 is 5.97 Å². The highest BCUT2D eigenvalue weighted by Gasteiger charge is 2.15. The molecule has 2 aromatic rings. The van der Waals surface area contributed by atoms with Crippen LogP contribution in [-0.2, 0) is 11.2 Å². The van der Waals surface area contributed by atoms with E-state index in [1.54, 1.807) is 0 Å². The molecular formula is C15H11F3O3. The second-order valence-corrected chi connectivity index (χ2v) is 4.36. The molecule has 2 rings (SSSR count). The van der Waals surface area contributed by atoms with E-state index >= 15 is 0 Å². The summed E-state index contributed by atoms with van der Waals surface area (Å²) in [5, 5.41) is 8.78. The predicted molar refractivity (Wildman–Crippen MR) is 69.6 cm³/mol. The molecule has 0 spiro atoms. The lowest BCUT2D eigenvalue weighted by atomic mass is 10.00. The quantitative estimate of drug-likeness (QED) is 0.880. The van der Waals surface area contributed by atoms with E-state index in [4.69, 9.17) is 9.84 Å². The Labute approximate surface area is 118 Å². The molecule has 3 nitrogen and oxygen atoms in total. The van der Waals surface area contributed by atoms with E-state index in [1.165, 1.54) is 25.3 Å². The molecule has 0 aliphatic heterocycles. The van der Waals surface area contributed by atoms with Crippen molar-refractivity contribution in [2.24, 2.45) is 0 Å². The van der Waals surface area contributed by atoms with Crippen LogP contribution in [0.5, 0.6) is 5.75 Å². The summed E-state index contributed by atoms with van der Waals surface area (Å²) in [6, 6.07) is 6.14. The molecule has 0 aromatic heterocycles. The molecule has 0 fully saturated rings. The summed E-state index contributed by atoms with van der Waals surface area (Å²) in [5.74, 6) is -4.94. The number of hydrogen-bond acceptors (Lipinski definition) is 2. The van der Waals surface area contributed by atoms with Crippen LogP contribution < -0.4 is 4.74 Å². The van der Waals surface area contributed by atoms with E-state index in [-0.39, 0.29) is 17.5 Å². The number of benzene rings is 2. The molecule has 0 radical (unpaired) electrons. The second kappa shape index (κ2) is 5.87. The monoisotopic (exact) mass is 296 g/mol. The topological polar surface area (TPSA) is 46.5 Å². The Balaban J connectivity index is 2.58. The van der Waals surface area contributed by atoms with Crippen LogP contribution in [-0.4, -0.2) is 18.2 Å². The molecular weight excluding hydrogens is 285 g/mol. The lowest BCUT2D eigenvalue weighted by Gasteiger charge is -2.11. The average Bonchev–Trinajstić information content (AvgIpc) is 2.43. The third kappa shape index (κ3) is 3.16. The van der Waals surface area contributed by atoms with Gasteiger partial charge in [-0.2, -0.15) is 0 Å². The fourth-order valence-electron chi connectivity index (χ4n) is 1.98. The molecule has 0 saturated heterocycles. The number of ether oxygens (including phenoxy) is 1. The Bertz CT molecular complexity index is 676. The third-order valence-corrected chi connectivity index (χ3v) is 2.91. The summed E-state index contributed by atoms with van der Waals surface area (Å²) in [6.45, 7) is 0. The SMILES string of the molecule is COc1ccc(CC(=O)O)cc1-c1cc(F)c(F)c(F)c1. The first-order chi connectivity index (χ1) is 9.92. The van der Waals surface area contributed by atoms with Crippen LogP contribution in [0, 0.1) is 17.5 Å². The second-order valence-electron chi connectivity index (χ2n) is 4.36. The van der Waals surface area contributed by atoms with Gasteiger partial charge in [0.15, 0.2) is 17.5 Å². The molecule has 110 valence electrons. The minimum Gasteiger partial charge on any atom is -0.496 e. The molecule has 0 aliphatic rings. The standard InChI is InChI=1S/C15H11F3O3/c1-21-13-3-2-8(5-14(19)20)4-10(13)9-6-11(16)15(18)12(17)7-9/h2-4,6-7H,5H2,1H3,(H,19,20). The van der Waals surface area contributed by atoms with Gasteiger partial charge in [0.2, 0.25) is 0 Å². The summed E-state index contributed by atoms with van der Waals surface area (Å²) in [6.07, 6.45) is -0.247. The van der Waals surface area contributed by atoms with Crippen molar-refractivity contribution in [1.82, 2.24) is 0 Å². The average molecular weight is 296 g/mol. The zero-order chi connectivity index (χ0) is 15.6. The van der Waals surface area contributed by atoms with E-state index in [2.05, 4.69) is 0 Å². The van der Waals surface area contributed by atoms with Crippen LogP contribution in [0.2, 0.25) is 0 Å². The molecule has 0 amide bonds. The predicted octanol–water partition coefficient (Wildman–Crippen LogP) is 3.41. The number of carboxylic acids is 1. The Morgan fingerprint density at radius 1 is 1.14 bits per heavy atom. The van der Waals surface area contributed by atoms with Crippen molar-refractivity contribution in [2.75, 3.05) is 7.11 Å². The lowest BCUT2D eigenvalue weighted by Crippen LogP contribution is -2.01. The van der Waals surface area contributed by atoms with Crippen LogP contribution >= 0.6 is 0 Å². The number of carbonyl (C=O) groups is 1. The largest absolute Gasteiger partial charge is 0.496 e. The zero-order valence-corrected chi connectivity index (χ0v) is 11.0. The molecule has 6 heteroatoms. The number of hydrogen-bond donors (Lipinski definition) is 1. The van der Waals surface area contributed by atoms with Crippen LogP contribution in [0.1, 0.15) is 5.56 Å². The van der Waals surface area contributed by atoms with Crippen molar-refractivity contribution in [3.63, 3.8) is 0 Å². The van der Waals surface area contributed by atoms with Gasteiger partial charge in [-0.05, 0) is 35.4 Å². The molecule has 0 unspecified atom stereocenters. The van der Waals surface area contributed by atoms with E-state index in [0.29, 0.717) is 11.3 Å². The molecule has 1 N–H and O–H groups in total. The Morgan fingerprint density at radius 3 is 2.29 bits per heavy atom. The first-order valence-electron chi connectivity index (χ1n) is 5.96. The number of carboxylic acid groups (broad SMARTS) is 1. The van der Waals surface area contributed by atoms with Crippen molar-refractivity contribution in [3.8, 4) is 16.9 Å². The number of rotatable bonds is 4. The highest BCUT2D eigenvalue weighted by molar-refractivity contribution is 5.75. The molecule has 0 aliphatic carbocycles. The van der Waals surface area contributed by atoms with Crippen molar-refractivity contribution in [1.29, 1.82) is 0 Å². The fraction of sp³-hybridized carbons (Fsp3) is 0.133. The van der Waals surface area contributed by atoms with Crippen molar-refractivity contribution in [2.45, 2.75) is 6.42 Å². The molecule has 0 heterocycles. The highest BCUT2D eigenvalue weighted by Crippen LogP contribution is 2.32. The number of halogens is 3. The van der Waals surface area contributed by atoms with Crippen molar-refractivity contribution >= 4 is 5.97 Å². The molecule has 2 aromatic carbocycles. The van der Waals surface area contributed by atoms with Gasteiger partial charge in [0, 0.05) is 5.56 Å². The maximum atomic E-state index is 13.3. The van der Waals surface area contributed by atoms with E-state index in [1.807, 2.05) is 0 Å². The third-order valence-electron chi connectivity index (χ3n) is 2.91. The summed E-state index contributed by atoms with van der Waals surface area (Å²) in [7, 11) is 1.37. The van der Waals surface area contributed by atoms with Gasteiger partial charge in [0.25, 0.3) is 0 Å². The van der Waals surface area contributed by atoms with Gasteiger partial charge < -0.3 is 9.84 Å². The maximum absolute atomic E-state index is 13.3. The van der Waals surface area contributed by atoms with Gasteiger partial charge in [-0.15, -0.1) is 0 Å². The van der Waals surface area contributed by atoms with E-state index in [9.17, 15) is 18.0 Å². The smallest absolute Gasteiger partial charge is 0.307 e. The summed E-state index contributed by atoms with van der Waals surface area (Å²) in [5.41, 5.74) is 0.785. The number of aliphatic carboxylic acids is 1. The normalized spacial score (nSPS) is 10.5. The zero-order valence-electron chi connectivity index (χ0n) is 11.0. The van der Waals surface area contributed by atoms with Gasteiger partial charge in [0.1, 0.15) is 5.75 Å². The van der Waals surface area contributed by atoms with Crippen LogP contribution in [0.25, 0.3) is 11.1 Å². The minimum absolute atomic E-state index is 0.0653. The first kappa shape index (κ1) is 14.9. The Morgan fingerprint density at radius 2 is 1.76 bits per heavy atom. The van der Waals surface area contributed by atoms with Crippen molar-refractivity contribution in [3.05, 3.63) is 53.3 Å². The van der Waals surface area contributed by atoms with Gasteiger partial charge in [-0.3, -0.25) is 4.79 Å². The number of methoxy groups -OCH3 is 1. The first-order valence-corrected chi connectivity index (χ1v) is 5.96. The van der Waals surface area contributed by atoms with Crippen LogP contribution in [0.4, 0.5) is 13.2 Å². The Kier molecular flexibility index (Phi) is 4.16. The summed E-state index contributed by atoms with van der Waals surface area (Å²) in [4.78, 5) is 10.7.